The molecule has 1 aliphatic heterocycles. The first-order chi connectivity index (χ1) is 11.5. The van der Waals surface area contributed by atoms with Gasteiger partial charge in [-0.3, -0.25) is 15.0 Å². The van der Waals surface area contributed by atoms with Crippen LogP contribution in [0.25, 0.3) is 0 Å². The van der Waals surface area contributed by atoms with Gasteiger partial charge in [0.15, 0.2) is 0 Å². The van der Waals surface area contributed by atoms with Crippen LogP contribution in [0.3, 0.4) is 0 Å². The van der Waals surface area contributed by atoms with Gasteiger partial charge in [-0.1, -0.05) is 26.0 Å². The maximum Gasteiger partial charge on any atom is 0.257 e. The van der Waals surface area contributed by atoms with Crippen LogP contribution in [0.2, 0.25) is 0 Å². The van der Waals surface area contributed by atoms with Crippen molar-refractivity contribution in [3.63, 3.8) is 0 Å². The molecule has 1 fully saturated rings. The molecule has 2 amide bonds. The fraction of sp³-hybridized carbons (Fsp3) is 0.556. The first-order valence-corrected chi connectivity index (χ1v) is 8.54. The highest BCUT2D eigenvalue weighted by Gasteiger charge is 2.28. The third-order valence-electron chi connectivity index (χ3n) is 4.37. The molecule has 0 bridgehead atoms. The van der Waals surface area contributed by atoms with E-state index in [9.17, 15) is 9.59 Å². The number of nitrogens with zero attached hydrogens (tertiary/aromatic N) is 1. The fourth-order valence-corrected chi connectivity index (χ4v) is 2.81. The zero-order valence-corrected chi connectivity index (χ0v) is 14.5. The molecule has 6 nitrogen and oxygen atoms in total. The van der Waals surface area contributed by atoms with E-state index in [1.54, 1.807) is 11.0 Å². The fourth-order valence-electron chi connectivity index (χ4n) is 2.81. The van der Waals surface area contributed by atoms with Gasteiger partial charge in [0.2, 0.25) is 5.91 Å². The first kappa shape index (κ1) is 18.3. The molecule has 0 spiro atoms. The molecule has 6 heteroatoms. The summed E-state index contributed by atoms with van der Waals surface area (Å²) < 4.78 is 5.81. The van der Waals surface area contributed by atoms with Crippen LogP contribution >= 0.6 is 0 Å². The number of para-hydroxylation sites is 1. The minimum absolute atomic E-state index is 0.0400. The second-order valence-electron chi connectivity index (χ2n) is 6.60. The molecule has 1 saturated heterocycles. The minimum Gasteiger partial charge on any atom is -0.493 e. The average Bonchev–Trinajstić information content (AvgIpc) is 2.60. The highest BCUT2D eigenvalue weighted by Crippen LogP contribution is 2.24. The standard InChI is InChI=1S/C18H27N3O3/c1-13(2)9-12-24-16-6-4-3-5-15(16)18(23)21-10-7-14(8-11-21)17(22)20-19/h3-6,13-14H,7-12,19H2,1-2H3,(H,20,22). The van der Waals surface area contributed by atoms with Crippen molar-refractivity contribution in [2.24, 2.45) is 17.7 Å². The van der Waals surface area contributed by atoms with Crippen molar-refractivity contribution >= 4 is 11.8 Å². The summed E-state index contributed by atoms with van der Waals surface area (Å²) in [7, 11) is 0. The van der Waals surface area contributed by atoms with E-state index in [0.29, 0.717) is 49.8 Å². The maximum absolute atomic E-state index is 12.8. The molecule has 0 aliphatic carbocycles. The summed E-state index contributed by atoms with van der Waals surface area (Å²) in [5, 5.41) is 0. The third kappa shape index (κ3) is 4.71. The lowest BCUT2D eigenvalue weighted by Crippen LogP contribution is -2.44. The molecule has 1 aromatic rings. The SMILES string of the molecule is CC(C)CCOc1ccccc1C(=O)N1CCC(C(=O)NN)CC1. The molecule has 132 valence electrons. The van der Waals surface area contributed by atoms with Gasteiger partial charge in [0.25, 0.3) is 5.91 Å². The van der Waals surface area contributed by atoms with Crippen molar-refractivity contribution in [2.45, 2.75) is 33.1 Å². The largest absolute Gasteiger partial charge is 0.493 e. The van der Waals surface area contributed by atoms with Gasteiger partial charge in [0, 0.05) is 19.0 Å². The number of carbonyl (C=O) groups is 2. The summed E-state index contributed by atoms with van der Waals surface area (Å²) in [6.07, 6.45) is 2.21. The van der Waals surface area contributed by atoms with E-state index in [-0.39, 0.29) is 17.7 Å². The Kier molecular flexibility index (Phi) is 6.61. The Morgan fingerprint density at radius 1 is 1.29 bits per heavy atom. The Bertz CT molecular complexity index is 566. The van der Waals surface area contributed by atoms with Gasteiger partial charge in [-0.25, -0.2) is 5.84 Å². The van der Waals surface area contributed by atoms with Crippen LogP contribution in [-0.4, -0.2) is 36.4 Å². The number of likely N-dealkylation sites (tertiary alicyclic amines) is 1. The molecule has 3 N–H and O–H groups in total. The van der Waals surface area contributed by atoms with Gasteiger partial charge >= 0.3 is 0 Å². The molecule has 0 unspecified atom stereocenters. The molecule has 0 radical (unpaired) electrons. The number of nitrogens with two attached hydrogens (primary N) is 1. The van der Waals surface area contributed by atoms with Crippen LogP contribution in [0.4, 0.5) is 0 Å². The predicted octanol–water partition coefficient (Wildman–Crippen LogP) is 1.95. The maximum atomic E-state index is 12.8. The molecule has 0 aromatic heterocycles. The van der Waals surface area contributed by atoms with E-state index in [1.165, 1.54) is 0 Å². The number of ether oxygens (including phenoxy) is 1. The Hall–Kier alpha value is -2.08. The summed E-state index contributed by atoms with van der Waals surface area (Å²) >= 11 is 0. The quantitative estimate of drug-likeness (QED) is 0.473. The van der Waals surface area contributed by atoms with E-state index < -0.39 is 0 Å². The number of nitrogens with one attached hydrogen (secondary N) is 1. The molecular weight excluding hydrogens is 306 g/mol. The third-order valence-corrected chi connectivity index (χ3v) is 4.37. The topological polar surface area (TPSA) is 84.7 Å². The number of hydrogen-bond acceptors (Lipinski definition) is 4. The molecule has 0 atom stereocenters. The van der Waals surface area contributed by atoms with Gasteiger partial charge in [-0.05, 0) is 37.3 Å². The normalized spacial score (nSPS) is 15.4. The van der Waals surface area contributed by atoms with Gasteiger partial charge in [-0.2, -0.15) is 0 Å². The number of rotatable bonds is 6. The highest BCUT2D eigenvalue weighted by atomic mass is 16.5. The summed E-state index contributed by atoms with van der Waals surface area (Å²) in [5.41, 5.74) is 2.78. The number of hydrazine groups is 1. The van der Waals surface area contributed by atoms with Crippen molar-refractivity contribution in [3.05, 3.63) is 29.8 Å². The Morgan fingerprint density at radius 3 is 2.58 bits per heavy atom. The lowest BCUT2D eigenvalue weighted by atomic mass is 9.95. The van der Waals surface area contributed by atoms with Crippen LogP contribution < -0.4 is 16.0 Å². The molecule has 1 aliphatic rings. The number of amides is 2. The van der Waals surface area contributed by atoms with E-state index >= 15 is 0 Å². The summed E-state index contributed by atoms with van der Waals surface area (Å²) in [4.78, 5) is 26.1. The Labute approximate surface area is 143 Å². The van der Waals surface area contributed by atoms with Gasteiger partial charge in [0.1, 0.15) is 5.75 Å². The van der Waals surface area contributed by atoms with Crippen LogP contribution in [0, 0.1) is 11.8 Å². The average molecular weight is 333 g/mol. The second-order valence-corrected chi connectivity index (χ2v) is 6.60. The van der Waals surface area contributed by atoms with Gasteiger partial charge in [0.05, 0.1) is 12.2 Å². The van der Waals surface area contributed by atoms with Crippen molar-refractivity contribution in [3.8, 4) is 5.75 Å². The zero-order valence-electron chi connectivity index (χ0n) is 14.5. The van der Waals surface area contributed by atoms with Crippen LogP contribution in [0.5, 0.6) is 5.75 Å². The number of hydrogen-bond donors (Lipinski definition) is 2. The minimum atomic E-state index is -0.153. The van der Waals surface area contributed by atoms with E-state index in [2.05, 4.69) is 19.3 Å². The van der Waals surface area contributed by atoms with Gasteiger partial charge in [-0.15, -0.1) is 0 Å². The molecule has 1 heterocycles. The van der Waals surface area contributed by atoms with Gasteiger partial charge < -0.3 is 9.64 Å². The molecule has 24 heavy (non-hydrogen) atoms. The number of piperidine rings is 1. The summed E-state index contributed by atoms with van der Waals surface area (Å²) in [6, 6.07) is 7.35. The Balaban J connectivity index is 1.99. The zero-order chi connectivity index (χ0) is 17.5. The predicted molar refractivity (Wildman–Crippen MR) is 92.3 cm³/mol. The second kappa shape index (κ2) is 8.68. The highest BCUT2D eigenvalue weighted by molar-refractivity contribution is 5.97. The van der Waals surface area contributed by atoms with Crippen molar-refractivity contribution < 1.29 is 14.3 Å². The summed E-state index contributed by atoms with van der Waals surface area (Å²) in [5.74, 6) is 6.06. The van der Waals surface area contributed by atoms with Crippen molar-refractivity contribution in [1.82, 2.24) is 10.3 Å². The van der Waals surface area contributed by atoms with E-state index in [1.807, 2.05) is 18.2 Å². The molecular formula is C18H27N3O3. The van der Waals surface area contributed by atoms with Crippen LogP contribution in [-0.2, 0) is 4.79 Å². The molecule has 2 rings (SSSR count). The van der Waals surface area contributed by atoms with Crippen molar-refractivity contribution in [2.75, 3.05) is 19.7 Å². The van der Waals surface area contributed by atoms with E-state index in [0.717, 1.165) is 6.42 Å². The summed E-state index contributed by atoms with van der Waals surface area (Å²) in [6.45, 7) is 5.99. The monoisotopic (exact) mass is 333 g/mol. The first-order valence-electron chi connectivity index (χ1n) is 8.54. The molecule has 0 saturated carbocycles. The molecule has 1 aromatic carbocycles. The van der Waals surface area contributed by atoms with E-state index in [4.69, 9.17) is 10.6 Å². The lowest BCUT2D eigenvalue weighted by Gasteiger charge is -2.31. The lowest BCUT2D eigenvalue weighted by molar-refractivity contribution is -0.126. The Morgan fingerprint density at radius 2 is 1.96 bits per heavy atom. The van der Waals surface area contributed by atoms with Crippen molar-refractivity contribution in [1.29, 1.82) is 0 Å². The number of carbonyl (C=O) groups excluding carboxylic acids is 2. The number of benzene rings is 1. The van der Waals surface area contributed by atoms with Crippen LogP contribution in [0.1, 0.15) is 43.5 Å². The van der Waals surface area contributed by atoms with Crippen LogP contribution in [0.15, 0.2) is 24.3 Å². The smallest absolute Gasteiger partial charge is 0.257 e.